The van der Waals surface area contributed by atoms with Crippen LogP contribution in [0.15, 0.2) is 35.3 Å². The number of para-hydroxylation sites is 2. The van der Waals surface area contributed by atoms with Gasteiger partial charge in [0.1, 0.15) is 5.82 Å². The van der Waals surface area contributed by atoms with Crippen LogP contribution in [-0.2, 0) is 11.3 Å². The Bertz CT molecular complexity index is 737. The zero-order chi connectivity index (χ0) is 16.4. The van der Waals surface area contributed by atoms with Crippen molar-refractivity contribution in [2.75, 3.05) is 13.1 Å². The highest BCUT2D eigenvalue weighted by molar-refractivity contribution is 9.11. The second-order valence-electron chi connectivity index (χ2n) is 6.16. The number of hydrogen-bond donors (Lipinski definition) is 0. The van der Waals surface area contributed by atoms with E-state index in [0.717, 1.165) is 47.3 Å². The lowest BCUT2D eigenvalue weighted by Gasteiger charge is -2.16. The van der Waals surface area contributed by atoms with Crippen molar-refractivity contribution >= 4 is 32.9 Å². The molecule has 1 aromatic heterocycles. The summed E-state index contributed by atoms with van der Waals surface area (Å²) in [5.41, 5.74) is 2.08. The lowest BCUT2D eigenvalue weighted by Crippen LogP contribution is -2.26. The summed E-state index contributed by atoms with van der Waals surface area (Å²) in [4.78, 5) is 19.1. The van der Waals surface area contributed by atoms with Gasteiger partial charge in [-0.3, -0.25) is 4.79 Å². The fraction of sp³-hybridized carbons (Fsp3) is 0.444. The maximum atomic E-state index is 12.3. The number of rotatable bonds is 6. The number of aromatic nitrogens is 2. The van der Waals surface area contributed by atoms with Gasteiger partial charge in [-0.25, -0.2) is 4.98 Å². The molecule has 0 radical (unpaired) electrons. The molecule has 4 nitrogen and oxygen atoms in total. The average molecular weight is 376 g/mol. The first-order valence-corrected chi connectivity index (χ1v) is 8.95. The highest BCUT2D eigenvalue weighted by Crippen LogP contribution is 2.31. The Balaban J connectivity index is 1.93. The van der Waals surface area contributed by atoms with Crippen molar-refractivity contribution < 1.29 is 4.79 Å². The third-order valence-electron chi connectivity index (χ3n) is 4.37. The smallest absolute Gasteiger partial charge is 0.223 e. The van der Waals surface area contributed by atoms with Crippen LogP contribution in [0.3, 0.4) is 0 Å². The number of imidazole rings is 1. The summed E-state index contributed by atoms with van der Waals surface area (Å²) in [5.74, 6) is 1.41. The van der Waals surface area contributed by atoms with Crippen molar-refractivity contribution in [3.63, 3.8) is 0 Å². The van der Waals surface area contributed by atoms with Gasteiger partial charge in [0.2, 0.25) is 5.91 Å². The Morgan fingerprint density at radius 2 is 2.22 bits per heavy atom. The molecule has 0 N–H and O–H groups in total. The van der Waals surface area contributed by atoms with E-state index < -0.39 is 0 Å². The number of fused-ring (bicyclic) bond motifs is 1. The summed E-state index contributed by atoms with van der Waals surface area (Å²) in [6.45, 7) is 8.43. The molecule has 2 aromatic rings. The molecule has 1 saturated heterocycles. The van der Waals surface area contributed by atoms with Crippen LogP contribution >= 0.6 is 15.9 Å². The van der Waals surface area contributed by atoms with Gasteiger partial charge in [-0.15, -0.1) is 0 Å². The molecule has 2 heterocycles. The highest BCUT2D eigenvalue weighted by atomic mass is 79.9. The molecule has 3 rings (SSSR count). The lowest BCUT2D eigenvalue weighted by atomic mass is 10.1. The largest absolute Gasteiger partial charge is 0.342 e. The maximum absolute atomic E-state index is 12.3. The number of carbonyl (C=O) groups is 1. The Morgan fingerprint density at radius 3 is 2.96 bits per heavy atom. The minimum Gasteiger partial charge on any atom is -0.342 e. The molecule has 0 unspecified atom stereocenters. The molecular formula is C18H22BrN3O. The van der Waals surface area contributed by atoms with Crippen LogP contribution in [0.25, 0.3) is 11.0 Å². The molecule has 0 saturated carbocycles. The molecule has 5 heteroatoms. The van der Waals surface area contributed by atoms with Crippen LogP contribution in [0.4, 0.5) is 0 Å². The molecule has 1 amide bonds. The monoisotopic (exact) mass is 375 g/mol. The van der Waals surface area contributed by atoms with Gasteiger partial charge >= 0.3 is 0 Å². The number of unbranched alkanes of at least 4 members (excludes halogenated alkanes) is 1. The second kappa shape index (κ2) is 6.87. The van der Waals surface area contributed by atoms with Crippen LogP contribution in [-0.4, -0.2) is 33.4 Å². The van der Waals surface area contributed by atoms with Crippen molar-refractivity contribution in [1.29, 1.82) is 0 Å². The van der Waals surface area contributed by atoms with Crippen LogP contribution in [0.2, 0.25) is 0 Å². The summed E-state index contributed by atoms with van der Waals surface area (Å²) in [5, 5.41) is 0. The molecule has 23 heavy (non-hydrogen) atoms. The molecule has 0 spiro atoms. The van der Waals surface area contributed by atoms with E-state index in [4.69, 9.17) is 4.98 Å². The molecule has 1 aromatic carbocycles. The van der Waals surface area contributed by atoms with E-state index in [1.54, 1.807) is 0 Å². The van der Waals surface area contributed by atoms with Crippen LogP contribution in [0, 0.1) is 0 Å². The summed E-state index contributed by atoms with van der Waals surface area (Å²) in [6, 6.07) is 8.12. The summed E-state index contributed by atoms with van der Waals surface area (Å²) in [6.07, 6.45) is 2.73. The number of nitrogens with zero attached hydrogens (tertiary/aromatic N) is 3. The first-order chi connectivity index (χ1) is 11.1. The first kappa shape index (κ1) is 16.2. The SMILES string of the molecule is C=C(Br)Cn1c([C@H]2CC(=O)N(CCCC)C2)nc2ccccc21. The van der Waals surface area contributed by atoms with E-state index in [9.17, 15) is 4.79 Å². The Labute approximate surface area is 145 Å². The van der Waals surface area contributed by atoms with E-state index >= 15 is 0 Å². The molecule has 122 valence electrons. The molecule has 0 aliphatic carbocycles. The molecular weight excluding hydrogens is 354 g/mol. The summed E-state index contributed by atoms with van der Waals surface area (Å²) in [7, 11) is 0. The van der Waals surface area contributed by atoms with E-state index in [-0.39, 0.29) is 11.8 Å². The number of allylic oxidation sites excluding steroid dienone is 1. The minimum atomic E-state index is 0.165. The maximum Gasteiger partial charge on any atom is 0.223 e. The normalized spacial score (nSPS) is 18.1. The van der Waals surface area contributed by atoms with Crippen LogP contribution in [0.1, 0.15) is 37.9 Å². The lowest BCUT2D eigenvalue weighted by molar-refractivity contribution is -0.127. The van der Waals surface area contributed by atoms with Gasteiger partial charge in [0.15, 0.2) is 0 Å². The Hall–Kier alpha value is -1.62. The first-order valence-electron chi connectivity index (χ1n) is 8.16. The standard InChI is InChI=1S/C18H22BrN3O/c1-3-4-9-21-12-14(10-17(21)23)18-20-15-7-5-6-8-16(15)22(18)11-13(2)19/h5-8,14H,2-4,9-12H2,1H3/t14-/m0/s1. The summed E-state index contributed by atoms with van der Waals surface area (Å²) >= 11 is 3.46. The zero-order valence-electron chi connectivity index (χ0n) is 13.5. The minimum absolute atomic E-state index is 0.165. The number of carbonyl (C=O) groups excluding carboxylic acids is 1. The van der Waals surface area contributed by atoms with Gasteiger partial charge in [0, 0.05) is 29.9 Å². The van der Waals surface area contributed by atoms with Crippen molar-refractivity contribution in [3.05, 3.63) is 41.2 Å². The topological polar surface area (TPSA) is 38.1 Å². The van der Waals surface area contributed by atoms with Gasteiger partial charge in [-0.05, 0) is 18.6 Å². The van der Waals surface area contributed by atoms with Crippen molar-refractivity contribution in [3.8, 4) is 0 Å². The molecule has 1 fully saturated rings. The molecule has 1 aliphatic rings. The van der Waals surface area contributed by atoms with Crippen molar-refractivity contribution in [2.45, 2.75) is 38.6 Å². The summed E-state index contributed by atoms with van der Waals surface area (Å²) < 4.78 is 3.10. The van der Waals surface area contributed by atoms with E-state index in [2.05, 4.69) is 40.1 Å². The third kappa shape index (κ3) is 3.34. The van der Waals surface area contributed by atoms with Gasteiger partial charge < -0.3 is 9.47 Å². The number of hydrogen-bond acceptors (Lipinski definition) is 2. The average Bonchev–Trinajstić information content (AvgIpc) is 3.06. The van der Waals surface area contributed by atoms with Crippen molar-refractivity contribution in [1.82, 2.24) is 14.5 Å². The Morgan fingerprint density at radius 1 is 1.43 bits per heavy atom. The number of halogens is 1. The number of benzene rings is 1. The van der Waals surface area contributed by atoms with Gasteiger partial charge in [-0.1, -0.05) is 48.0 Å². The van der Waals surface area contributed by atoms with E-state index in [1.165, 1.54) is 0 Å². The van der Waals surface area contributed by atoms with Gasteiger partial charge in [0.25, 0.3) is 0 Å². The van der Waals surface area contributed by atoms with Crippen LogP contribution in [0.5, 0.6) is 0 Å². The predicted molar refractivity (Wildman–Crippen MR) is 96.6 cm³/mol. The molecule has 1 atom stereocenters. The Kier molecular flexibility index (Phi) is 4.85. The van der Waals surface area contributed by atoms with Crippen molar-refractivity contribution in [2.24, 2.45) is 0 Å². The predicted octanol–water partition coefficient (Wildman–Crippen LogP) is 4.06. The fourth-order valence-electron chi connectivity index (χ4n) is 3.25. The van der Waals surface area contributed by atoms with Crippen LogP contribution < -0.4 is 0 Å². The molecule has 1 aliphatic heterocycles. The highest BCUT2D eigenvalue weighted by Gasteiger charge is 2.33. The second-order valence-corrected chi connectivity index (χ2v) is 7.28. The number of amides is 1. The van der Waals surface area contributed by atoms with E-state index in [0.29, 0.717) is 13.0 Å². The molecule has 0 bridgehead atoms. The van der Waals surface area contributed by atoms with E-state index in [1.807, 2.05) is 23.1 Å². The number of likely N-dealkylation sites (tertiary alicyclic amines) is 1. The zero-order valence-corrected chi connectivity index (χ0v) is 15.1. The fourth-order valence-corrected chi connectivity index (χ4v) is 3.50. The van der Waals surface area contributed by atoms with Gasteiger partial charge in [0.05, 0.1) is 17.6 Å². The third-order valence-corrected chi connectivity index (χ3v) is 4.63. The quantitative estimate of drug-likeness (QED) is 0.763. The van der Waals surface area contributed by atoms with Gasteiger partial charge in [-0.2, -0.15) is 0 Å².